The summed E-state index contributed by atoms with van der Waals surface area (Å²) in [4.78, 5) is 23.1. The van der Waals surface area contributed by atoms with Gasteiger partial charge in [-0.25, -0.2) is 4.79 Å². The number of nitrogens with one attached hydrogen (secondary N) is 1. The molecule has 4 heteroatoms. The second-order valence-corrected chi connectivity index (χ2v) is 4.46. The summed E-state index contributed by atoms with van der Waals surface area (Å²) in [5.41, 5.74) is 0. The Labute approximate surface area is 109 Å². The zero-order valence-corrected chi connectivity index (χ0v) is 11.2. The molecule has 0 aromatic heterocycles. The first-order valence-electron chi connectivity index (χ1n) is 6.22. The molecule has 18 heavy (non-hydrogen) atoms. The fraction of sp³-hybridized carbons (Fsp3) is 0.571. The third kappa shape index (κ3) is 5.17. The molecule has 0 rings (SSSR count). The molecule has 0 aliphatic carbocycles. The van der Waals surface area contributed by atoms with Crippen LogP contribution in [0.1, 0.15) is 33.1 Å². The molecule has 0 radical (unpaired) electrons. The third-order valence-corrected chi connectivity index (χ3v) is 3.05. The van der Waals surface area contributed by atoms with Crippen LogP contribution in [0.4, 0.5) is 0 Å². The number of carbonyl (C=O) groups excluding carboxylic acids is 1. The van der Waals surface area contributed by atoms with E-state index in [1.165, 1.54) is 0 Å². The molecule has 0 aromatic carbocycles. The zero-order chi connectivity index (χ0) is 14.1. The van der Waals surface area contributed by atoms with E-state index < -0.39 is 12.0 Å². The molecular weight excluding hydrogens is 230 g/mol. The van der Waals surface area contributed by atoms with Crippen LogP contribution in [0.25, 0.3) is 0 Å². The average Bonchev–Trinajstić information content (AvgIpc) is 2.34. The van der Waals surface area contributed by atoms with Crippen LogP contribution in [0.2, 0.25) is 0 Å². The van der Waals surface area contributed by atoms with Crippen molar-refractivity contribution in [3.05, 3.63) is 25.3 Å². The predicted octanol–water partition coefficient (Wildman–Crippen LogP) is 2.37. The van der Waals surface area contributed by atoms with Crippen LogP contribution >= 0.6 is 0 Å². The van der Waals surface area contributed by atoms with Crippen LogP contribution in [-0.2, 0) is 9.59 Å². The lowest BCUT2D eigenvalue weighted by Crippen LogP contribution is -2.47. The molecule has 0 aliphatic rings. The number of allylic oxidation sites excluding steroid dienone is 2. The van der Waals surface area contributed by atoms with Gasteiger partial charge in [0.05, 0.1) is 0 Å². The summed E-state index contributed by atoms with van der Waals surface area (Å²) in [6.45, 7) is 10.9. The van der Waals surface area contributed by atoms with Crippen LogP contribution in [0.5, 0.6) is 0 Å². The van der Waals surface area contributed by atoms with Crippen LogP contribution in [0, 0.1) is 11.8 Å². The minimum atomic E-state index is -0.992. The zero-order valence-electron chi connectivity index (χ0n) is 11.2. The molecule has 4 nitrogen and oxygen atoms in total. The van der Waals surface area contributed by atoms with Gasteiger partial charge >= 0.3 is 5.97 Å². The smallest absolute Gasteiger partial charge is 0.326 e. The van der Waals surface area contributed by atoms with Gasteiger partial charge in [-0.2, -0.15) is 0 Å². The van der Waals surface area contributed by atoms with Gasteiger partial charge in [0, 0.05) is 5.92 Å². The summed E-state index contributed by atoms with van der Waals surface area (Å²) in [5, 5.41) is 11.7. The van der Waals surface area contributed by atoms with E-state index in [1.807, 2.05) is 13.8 Å². The molecule has 102 valence electrons. The van der Waals surface area contributed by atoms with E-state index in [4.69, 9.17) is 5.11 Å². The molecule has 0 bridgehead atoms. The van der Waals surface area contributed by atoms with E-state index in [0.29, 0.717) is 19.3 Å². The van der Waals surface area contributed by atoms with E-state index >= 15 is 0 Å². The highest BCUT2D eigenvalue weighted by atomic mass is 16.4. The number of hydrogen-bond donors (Lipinski definition) is 2. The minimum absolute atomic E-state index is 0.0976. The van der Waals surface area contributed by atoms with Crippen molar-refractivity contribution >= 4 is 11.9 Å². The molecule has 2 unspecified atom stereocenters. The van der Waals surface area contributed by atoms with Gasteiger partial charge < -0.3 is 10.4 Å². The Balaban J connectivity index is 4.69. The van der Waals surface area contributed by atoms with Crippen molar-refractivity contribution in [1.82, 2.24) is 5.32 Å². The molecule has 1 amide bonds. The Hall–Kier alpha value is -1.58. The number of rotatable bonds is 9. The highest BCUT2D eigenvalue weighted by Crippen LogP contribution is 2.13. The minimum Gasteiger partial charge on any atom is -0.480 e. The van der Waals surface area contributed by atoms with Crippen molar-refractivity contribution in [1.29, 1.82) is 0 Å². The normalized spacial score (nSPS) is 13.7. The summed E-state index contributed by atoms with van der Waals surface area (Å²) in [7, 11) is 0. The maximum Gasteiger partial charge on any atom is 0.326 e. The summed E-state index contributed by atoms with van der Waals surface area (Å²) < 4.78 is 0. The Kier molecular flexibility index (Phi) is 7.76. The van der Waals surface area contributed by atoms with Gasteiger partial charge in [-0.05, 0) is 18.8 Å². The topological polar surface area (TPSA) is 66.4 Å². The Morgan fingerprint density at radius 3 is 2.11 bits per heavy atom. The van der Waals surface area contributed by atoms with Crippen LogP contribution in [-0.4, -0.2) is 23.0 Å². The van der Waals surface area contributed by atoms with Crippen LogP contribution in [0.3, 0.4) is 0 Å². The fourth-order valence-electron chi connectivity index (χ4n) is 1.67. The first-order valence-corrected chi connectivity index (χ1v) is 6.22. The number of carboxylic acids is 1. The van der Waals surface area contributed by atoms with E-state index in [-0.39, 0.29) is 17.7 Å². The molecule has 0 heterocycles. The monoisotopic (exact) mass is 253 g/mol. The van der Waals surface area contributed by atoms with Crippen LogP contribution < -0.4 is 5.32 Å². The van der Waals surface area contributed by atoms with Crippen molar-refractivity contribution in [2.75, 3.05) is 0 Å². The highest BCUT2D eigenvalue weighted by molar-refractivity contribution is 5.85. The summed E-state index contributed by atoms with van der Waals surface area (Å²) in [6, 6.07) is -0.834. The third-order valence-electron chi connectivity index (χ3n) is 3.05. The number of aliphatic carboxylic acids is 1. The standard InChI is InChI=1S/C14H23NO3/c1-5-8-11(9-6-2)13(16)15-12(14(17)18)10(4)7-3/h5-6,10-12H,1-2,7-9H2,3-4H3,(H,15,16)(H,17,18). The molecule has 2 N–H and O–H groups in total. The Bertz CT molecular complexity index is 302. The van der Waals surface area contributed by atoms with Crippen LogP contribution in [0.15, 0.2) is 25.3 Å². The molecule has 0 aromatic rings. The van der Waals surface area contributed by atoms with Gasteiger partial charge in [-0.1, -0.05) is 32.4 Å². The van der Waals surface area contributed by atoms with E-state index in [9.17, 15) is 9.59 Å². The van der Waals surface area contributed by atoms with Crippen molar-refractivity contribution in [2.24, 2.45) is 11.8 Å². The number of hydrogen-bond acceptors (Lipinski definition) is 2. The molecule has 0 fully saturated rings. The lowest BCUT2D eigenvalue weighted by Gasteiger charge is -2.22. The molecule has 2 atom stereocenters. The molecular formula is C14H23NO3. The first-order chi connectivity index (χ1) is 8.47. The maximum atomic E-state index is 12.0. The molecule has 0 saturated carbocycles. The van der Waals surface area contributed by atoms with Gasteiger partial charge in [-0.15, -0.1) is 13.2 Å². The number of amides is 1. The Morgan fingerprint density at radius 2 is 1.78 bits per heavy atom. The van der Waals surface area contributed by atoms with Gasteiger partial charge in [-0.3, -0.25) is 4.79 Å². The van der Waals surface area contributed by atoms with Crippen molar-refractivity contribution in [3.63, 3.8) is 0 Å². The van der Waals surface area contributed by atoms with Crippen molar-refractivity contribution < 1.29 is 14.7 Å². The van der Waals surface area contributed by atoms with Gasteiger partial charge in [0.15, 0.2) is 0 Å². The lowest BCUT2D eigenvalue weighted by atomic mass is 9.96. The highest BCUT2D eigenvalue weighted by Gasteiger charge is 2.27. The quantitative estimate of drug-likeness (QED) is 0.620. The summed E-state index contributed by atoms with van der Waals surface area (Å²) >= 11 is 0. The molecule has 0 spiro atoms. The van der Waals surface area contributed by atoms with Crippen molar-refractivity contribution in [2.45, 2.75) is 39.2 Å². The SMILES string of the molecule is C=CCC(CC=C)C(=O)NC(C(=O)O)C(C)CC. The van der Waals surface area contributed by atoms with E-state index in [0.717, 1.165) is 0 Å². The maximum absolute atomic E-state index is 12.0. The summed E-state index contributed by atoms with van der Waals surface area (Å²) in [5.74, 6) is -1.62. The Morgan fingerprint density at radius 1 is 1.28 bits per heavy atom. The number of carbonyl (C=O) groups is 2. The molecule has 0 saturated heterocycles. The predicted molar refractivity (Wildman–Crippen MR) is 72.1 cm³/mol. The van der Waals surface area contributed by atoms with Crippen molar-refractivity contribution in [3.8, 4) is 0 Å². The van der Waals surface area contributed by atoms with E-state index in [1.54, 1.807) is 12.2 Å². The lowest BCUT2D eigenvalue weighted by molar-refractivity contribution is -0.144. The average molecular weight is 253 g/mol. The fourth-order valence-corrected chi connectivity index (χ4v) is 1.67. The summed E-state index contributed by atoms with van der Waals surface area (Å²) in [6.07, 6.45) is 5.06. The molecule has 0 aliphatic heterocycles. The first kappa shape index (κ1) is 16.4. The van der Waals surface area contributed by atoms with Gasteiger partial charge in [0.1, 0.15) is 6.04 Å². The van der Waals surface area contributed by atoms with E-state index in [2.05, 4.69) is 18.5 Å². The van der Waals surface area contributed by atoms with Gasteiger partial charge in [0.2, 0.25) is 5.91 Å². The largest absolute Gasteiger partial charge is 0.480 e. The second kappa shape index (κ2) is 8.50. The second-order valence-electron chi connectivity index (χ2n) is 4.46. The van der Waals surface area contributed by atoms with Gasteiger partial charge in [0.25, 0.3) is 0 Å². The number of carboxylic acid groups (broad SMARTS) is 1.